The van der Waals surface area contributed by atoms with Gasteiger partial charge in [-0.05, 0) is 19.1 Å². The standard InChI is InChI=1S/C17H20FN5O/c1-3-16(24)23-9-15(13(18)8-11(23)2)21-17-12-4-6-20-14(12)5-7-22(17)10-19/h3-4,6,11,13,15,21H,1,5,7-9H2,2H3/t11-,13-,15-/m0/s1. The highest BCUT2D eigenvalue weighted by Gasteiger charge is 2.37. The van der Waals surface area contributed by atoms with Gasteiger partial charge in [0.1, 0.15) is 12.0 Å². The highest BCUT2D eigenvalue weighted by Crippen LogP contribution is 2.26. The molecule has 3 rings (SSSR count). The maximum Gasteiger partial charge on any atom is 0.246 e. The summed E-state index contributed by atoms with van der Waals surface area (Å²) in [7, 11) is 0. The third kappa shape index (κ3) is 2.80. The maximum atomic E-state index is 14.6. The van der Waals surface area contributed by atoms with Crippen LogP contribution in [0, 0.1) is 11.5 Å². The summed E-state index contributed by atoms with van der Waals surface area (Å²) >= 11 is 0. The molecule has 24 heavy (non-hydrogen) atoms. The van der Waals surface area contributed by atoms with E-state index >= 15 is 0 Å². The van der Waals surface area contributed by atoms with Gasteiger partial charge >= 0.3 is 0 Å². The smallest absolute Gasteiger partial charge is 0.246 e. The first-order chi connectivity index (χ1) is 11.5. The van der Waals surface area contributed by atoms with Crippen molar-refractivity contribution in [3.05, 3.63) is 36.3 Å². The van der Waals surface area contributed by atoms with Crippen LogP contribution in [0.15, 0.2) is 41.3 Å². The Bertz CT molecular complexity index is 690. The molecular formula is C17H20FN5O. The van der Waals surface area contributed by atoms with Crippen molar-refractivity contribution in [1.29, 1.82) is 5.26 Å². The zero-order valence-electron chi connectivity index (χ0n) is 13.6. The molecule has 3 aliphatic heterocycles. The van der Waals surface area contributed by atoms with Crippen LogP contribution in [-0.4, -0.2) is 52.8 Å². The van der Waals surface area contributed by atoms with Crippen molar-refractivity contribution in [2.45, 2.75) is 38.0 Å². The predicted octanol–water partition coefficient (Wildman–Crippen LogP) is 1.46. The van der Waals surface area contributed by atoms with Crippen LogP contribution in [0.4, 0.5) is 4.39 Å². The van der Waals surface area contributed by atoms with E-state index in [9.17, 15) is 14.4 Å². The fraction of sp³-hybridized carbons (Fsp3) is 0.471. The first-order valence-corrected chi connectivity index (χ1v) is 8.04. The number of halogens is 1. The molecule has 1 amide bonds. The van der Waals surface area contributed by atoms with Crippen molar-refractivity contribution >= 4 is 11.6 Å². The van der Waals surface area contributed by atoms with Crippen LogP contribution in [0.25, 0.3) is 0 Å². The van der Waals surface area contributed by atoms with Gasteiger partial charge in [-0.25, -0.2) is 4.39 Å². The summed E-state index contributed by atoms with van der Waals surface area (Å²) in [5.74, 6) is 0.368. The number of carbonyl (C=O) groups excluding carboxylic acids is 1. The SMILES string of the molecule is C=CC(=O)N1C[C@H](NC2=C3C=CN=C3CCN2C#N)[C@@H](F)C[C@@H]1C. The summed E-state index contributed by atoms with van der Waals surface area (Å²) in [6.07, 6.45) is 6.73. The number of amides is 1. The topological polar surface area (TPSA) is 71.7 Å². The molecule has 0 aromatic carbocycles. The predicted molar refractivity (Wildman–Crippen MR) is 88.3 cm³/mol. The average molecular weight is 329 g/mol. The summed E-state index contributed by atoms with van der Waals surface area (Å²) in [5, 5.41) is 12.5. The molecular weight excluding hydrogens is 309 g/mol. The fourth-order valence-corrected chi connectivity index (χ4v) is 3.37. The zero-order valence-corrected chi connectivity index (χ0v) is 13.6. The number of rotatable bonds is 3. The van der Waals surface area contributed by atoms with Gasteiger partial charge in [0, 0.05) is 43.7 Å². The molecule has 3 aliphatic rings. The summed E-state index contributed by atoms with van der Waals surface area (Å²) in [4.78, 5) is 19.4. The van der Waals surface area contributed by atoms with Gasteiger partial charge in [-0.2, -0.15) is 5.26 Å². The lowest BCUT2D eigenvalue weighted by Crippen LogP contribution is -2.58. The molecule has 0 aliphatic carbocycles. The molecule has 1 saturated heterocycles. The largest absolute Gasteiger partial charge is 0.363 e. The Morgan fingerprint density at radius 1 is 1.62 bits per heavy atom. The van der Waals surface area contributed by atoms with Crippen LogP contribution in [0.1, 0.15) is 19.8 Å². The molecule has 0 unspecified atom stereocenters. The van der Waals surface area contributed by atoms with Gasteiger partial charge in [0.2, 0.25) is 5.91 Å². The van der Waals surface area contributed by atoms with E-state index in [1.165, 1.54) is 11.0 Å². The van der Waals surface area contributed by atoms with E-state index < -0.39 is 12.2 Å². The van der Waals surface area contributed by atoms with Gasteiger partial charge < -0.3 is 10.2 Å². The second-order valence-electron chi connectivity index (χ2n) is 6.20. The monoisotopic (exact) mass is 329 g/mol. The molecule has 3 heterocycles. The number of fused-ring (bicyclic) bond motifs is 1. The number of nitrogens with one attached hydrogen (secondary N) is 1. The highest BCUT2D eigenvalue weighted by atomic mass is 19.1. The Hall–Kier alpha value is -2.62. The molecule has 0 bridgehead atoms. The zero-order chi connectivity index (χ0) is 17.3. The maximum absolute atomic E-state index is 14.6. The van der Waals surface area contributed by atoms with Gasteiger partial charge in [-0.3, -0.25) is 14.7 Å². The van der Waals surface area contributed by atoms with Crippen LogP contribution in [-0.2, 0) is 4.79 Å². The lowest BCUT2D eigenvalue weighted by Gasteiger charge is -2.41. The average Bonchev–Trinajstić information content (AvgIpc) is 3.05. The van der Waals surface area contributed by atoms with E-state index in [1.807, 2.05) is 13.0 Å². The number of hydrogen-bond acceptors (Lipinski definition) is 5. The first-order valence-electron chi connectivity index (χ1n) is 8.04. The third-order valence-corrected chi connectivity index (χ3v) is 4.71. The van der Waals surface area contributed by atoms with Gasteiger partial charge in [-0.1, -0.05) is 6.58 Å². The quantitative estimate of drug-likeness (QED) is 0.628. The van der Waals surface area contributed by atoms with Crippen molar-refractivity contribution < 1.29 is 9.18 Å². The number of hydrogen-bond donors (Lipinski definition) is 1. The summed E-state index contributed by atoms with van der Waals surface area (Å²) < 4.78 is 14.6. The molecule has 1 fully saturated rings. The molecule has 126 valence electrons. The number of alkyl halides is 1. The van der Waals surface area contributed by atoms with Gasteiger partial charge in [-0.15, -0.1) is 0 Å². The van der Waals surface area contributed by atoms with Gasteiger partial charge in [0.05, 0.1) is 11.8 Å². The number of allylic oxidation sites excluding steroid dienone is 2. The number of carbonyl (C=O) groups is 1. The lowest BCUT2D eigenvalue weighted by atomic mass is 9.96. The van der Waals surface area contributed by atoms with Gasteiger partial charge in [0.15, 0.2) is 6.19 Å². The summed E-state index contributed by atoms with van der Waals surface area (Å²) in [6.45, 7) is 6.09. The number of piperidine rings is 1. The van der Waals surface area contributed by atoms with Crippen molar-refractivity contribution in [2.75, 3.05) is 13.1 Å². The Kier molecular flexibility index (Phi) is 4.38. The third-order valence-electron chi connectivity index (χ3n) is 4.71. The van der Waals surface area contributed by atoms with Crippen LogP contribution < -0.4 is 5.32 Å². The lowest BCUT2D eigenvalue weighted by molar-refractivity contribution is -0.130. The molecule has 7 heteroatoms. The molecule has 0 aromatic rings. The molecule has 0 saturated carbocycles. The van der Waals surface area contributed by atoms with Crippen LogP contribution in [0.2, 0.25) is 0 Å². The minimum atomic E-state index is -1.10. The van der Waals surface area contributed by atoms with E-state index in [1.54, 1.807) is 11.1 Å². The Labute approximate surface area is 140 Å². The molecule has 1 N–H and O–H groups in total. The van der Waals surface area contributed by atoms with Crippen LogP contribution in [0.5, 0.6) is 0 Å². The molecule has 0 spiro atoms. The van der Waals surface area contributed by atoms with Crippen LogP contribution in [0.3, 0.4) is 0 Å². The Morgan fingerprint density at radius 3 is 3.12 bits per heavy atom. The molecule has 0 aromatic heterocycles. The van der Waals surface area contributed by atoms with Gasteiger partial charge in [0.25, 0.3) is 0 Å². The van der Waals surface area contributed by atoms with Crippen molar-refractivity contribution in [3.63, 3.8) is 0 Å². The van der Waals surface area contributed by atoms with E-state index in [2.05, 4.69) is 23.1 Å². The highest BCUT2D eigenvalue weighted by molar-refractivity contribution is 6.06. The van der Waals surface area contributed by atoms with E-state index in [-0.39, 0.29) is 24.9 Å². The molecule has 6 nitrogen and oxygen atoms in total. The minimum Gasteiger partial charge on any atom is -0.363 e. The van der Waals surface area contributed by atoms with E-state index in [0.717, 1.165) is 11.3 Å². The Morgan fingerprint density at radius 2 is 2.42 bits per heavy atom. The van der Waals surface area contributed by atoms with Crippen molar-refractivity contribution in [1.82, 2.24) is 15.1 Å². The molecule has 3 atom stereocenters. The number of nitriles is 1. The minimum absolute atomic E-state index is 0.178. The summed E-state index contributed by atoms with van der Waals surface area (Å²) in [5.41, 5.74) is 1.73. The first kappa shape index (κ1) is 16.2. The number of likely N-dealkylation sites (tertiary alicyclic amines) is 1. The second kappa shape index (κ2) is 6.48. The number of aliphatic imine (C=N–C) groups is 1. The second-order valence-corrected chi connectivity index (χ2v) is 6.20. The number of nitrogens with zero attached hydrogens (tertiary/aromatic N) is 4. The fourth-order valence-electron chi connectivity index (χ4n) is 3.37. The van der Waals surface area contributed by atoms with Crippen molar-refractivity contribution in [2.24, 2.45) is 4.99 Å². The van der Waals surface area contributed by atoms with E-state index in [4.69, 9.17) is 0 Å². The van der Waals surface area contributed by atoms with Crippen LogP contribution >= 0.6 is 0 Å². The van der Waals surface area contributed by atoms with E-state index in [0.29, 0.717) is 18.8 Å². The normalized spacial score (nSPS) is 29.0. The Balaban J connectivity index is 1.84. The summed E-state index contributed by atoms with van der Waals surface area (Å²) in [6, 6.07) is -0.750. The molecule has 0 radical (unpaired) electrons. The van der Waals surface area contributed by atoms with Crippen molar-refractivity contribution in [3.8, 4) is 6.19 Å².